The Labute approximate surface area is 123 Å². The fraction of sp³-hybridized carbons (Fsp3) is 0.500. The molecule has 0 saturated heterocycles. The first-order valence-corrected chi connectivity index (χ1v) is 6.52. The molecular weight excluding hydrogens is 276 g/mol. The molecule has 0 saturated carbocycles. The molecule has 0 heterocycles. The van der Waals surface area contributed by atoms with Crippen molar-refractivity contribution in [1.29, 1.82) is 0 Å². The molecule has 116 valence electrons. The minimum Gasteiger partial charge on any atom is -0.493 e. The molecule has 7 heteroatoms. The van der Waals surface area contributed by atoms with Crippen molar-refractivity contribution in [3.05, 3.63) is 33.4 Å². The van der Waals surface area contributed by atoms with Crippen LogP contribution in [-0.2, 0) is 4.79 Å². The van der Waals surface area contributed by atoms with E-state index in [1.54, 1.807) is 33.9 Å². The van der Waals surface area contributed by atoms with Crippen LogP contribution in [0.5, 0.6) is 5.75 Å². The van der Waals surface area contributed by atoms with Crippen molar-refractivity contribution in [2.45, 2.75) is 32.7 Å². The molecule has 21 heavy (non-hydrogen) atoms. The number of hydrogen-bond acceptors (Lipinski definition) is 5. The van der Waals surface area contributed by atoms with E-state index in [0.29, 0.717) is 16.9 Å². The fourth-order valence-electron chi connectivity index (χ4n) is 1.83. The van der Waals surface area contributed by atoms with Gasteiger partial charge in [-0.05, 0) is 39.4 Å². The lowest BCUT2D eigenvalue weighted by Crippen LogP contribution is -2.48. The van der Waals surface area contributed by atoms with Crippen LogP contribution in [0.3, 0.4) is 0 Å². The molecule has 0 spiro atoms. The Balaban J connectivity index is 2.79. The highest BCUT2D eigenvalue weighted by Crippen LogP contribution is 2.28. The summed E-state index contributed by atoms with van der Waals surface area (Å²) in [6.45, 7) is 5.13. The number of rotatable bonds is 7. The minimum atomic E-state index is -1.07. The third-order valence-electron chi connectivity index (χ3n) is 3.57. The van der Waals surface area contributed by atoms with Crippen molar-refractivity contribution in [1.82, 2.24) is 5.32 Å². The van der Waals surface area contributed by atoms with Gasteiger partial charge < -0.3 is 15.2 Å². The van der Waals surface area contributed by atoms with Gasteiger partial charge in [0.15, 0.2) is 0 Å². The molecule has 0 aromatic heterocycles. The fourth-order valence-corrected chi connectivity index (χ4v) is 1.83. The van der Waals surface area contributed by atoms with Gasteiger partial charge in [0.05, 0.1) is 11.5 Å². The topological polar surface area (TPSA) is 102 Å². The van der Waals surface area contributed by atoms with Crippen molar-refractivity contribution in [3.63, 3.8) is 0 Å². The summed E-state index contributed by atoms with van der Waals surface area (Å²) in [5, 5.41) is 22.7. The van der Waals surface area contributed by atoms with Gasteiger partial charge in [-0.15, -0.1) is 0 Å². The maximum Gasteiger partial charge on any atom is 0.323 e. The molecule has 1 aromatic carbocycles. The lowest BCUT2D eigenvalue weighted by atomic mass is 9.99. The van der Waals surface area contributed by atoms with Gasteiger partial charge in [-0.25, -0.2) is 0 Å². The largest absolute Gasteiger partial charge is 0.493 e. The average molecular weight is 296 g/mol. The highest BCUT2D eigenvalue weighted by Gasteiger charge is 2.30. The molecule has 0 aliphatic carbocycles. The Kier molecular flexibility index (Phi) is 5.26. The van der Waals surface area contributed by atoms with Crippen molar-refractivity contribution in [2.75, 3.05) is 13.7 Å². The Morgan fingerprint density at radius 1 is 1.43 bits per heavy atom. The van der Waals surface area contributed by atoms with Gasteiger partial charge in [0, 0.05) is 18.1 Å². The van der Waals surface area contributed by atoms with Crippen LogP contribution in [0.2, 0.25) is 0 Å². The quantitative estimate of drug-likeness (QED) is 0.589. The number of likely N-dealkylation sites (N-methyl/N-ethyl adjacent to an activating group) is 1. The summed E-state index contributed by atoms with van der Waals surface area (Å²) in [4.78, 5) is 21.5. The average Bonchev–Trinajstić information content (AvgIpc) is 2.41. The number of carbonyl (C=O) groups is 1. The molecule has 0 bridgehead atoms. The maximum absolute atomic E-state index is 11.1. The number of hydrogen-bond donors (Lipinski definition) is 2. The summed E-state index contributed by atoms with van der Waals surface area (Å²) < 4.78 is 5.57. The third kappa shape index (κ3) is 3.91. The lowest BCUT2D eigenvalue weighted by Gasteiger charge is -2.24. The van der Waals surface area contributed by atoms with Gasteiger partial charge in [-0.3, -0.25) is 14.9 Å². The van der Waals surface area contributed by atoms with E-state index >= 15 is 0 Å². The van der Waals surface area contributed by atoms with Crippen molar-refractivity contribution < 1.29 is 19.6 Å². The van der Waals surface area contributed by atoms with Crippen LogP contribution in [0.1, 0.15) is 24.5 Å². The number of ether oxygens (including phenoxy) is 1. The molecule has 1 unspecified atom stereocenters. The number of carboxylic acid groups (broad SMARTS) is 1. The van der Waals surface area contributed by atoms with E-state index in [1.165, 1.54) is 6.07 Å². The lowest BCUT2D eigenvalue weighted by molar-refractivity contribution is -0.385. The Morgan fingerprint density at radius 2 is 2.05 bits per heavy atom. The van der Waals surface area contributed by atoms with Crippen molar-refractivity contribution in [2.24, 2.45) is 0 Å². The second-order valence-corrected chi connectivity index (χ2v) is 5.15. The molecule has 1 aromatic rings. The number of nitrogens with one attached hydrogen (secondary N) is 1. The monoisotopic (exact) mass is 296 g/mol. The van der Waals surface area contributed by atoms with Gasteiger partial charge in [0.2, 0.25) is 0 Å². The SMILES string of the molecule is CNC(C)(CCOc1cc(C)c([N+](=O)[O-])cc1C)C(=O)O. The molecule has 0 fully saturated rings. The van der Waals surface area contributed by atoms with Crippen molar-refractivity contribution in [3.8, 4) is 5.75 Å². The zero-order valence-electron chi connectivity index (χ0n) is 12.6. The number of aryl methyl sites for hydroxylation is 2. The van der Waals surface area contributed by atoms with Gasteiger partial charge >= 0.3 is 5.97 Å². The summed E-state index contributed by atoms with van der Waals surface area (Å²) in [6, 6.07) is 3.06. The Hall–Kier alpha value is -2.15. The van der Waals surface area contributed by atoms with Gasteiger partial charge in [0.25, 0.3) is 5.69 Å². The van der Waals surface area contributed by atoms with Crippen LogP contribution in [0.4, 0.5) is 5.69 Å². The van der Waals surface area contributed by atoms with E-state index in [9.17, 15) is 14.9 Å². The summed E-state index contributed by atoms with van der Waals surface area (Å²) >= 11 is 0. The normalized spacial score (nSPS) is 13.5. The van der Waals surface area contributed by atoms with Crippen LogP contribution in [0, 0.1) is 24.0 Å². The van der Waals surface area contributed by atoms with E-state index in [0.717, 1.165) is 0 Å². The van der Waals surface area contributed by atoms with E-state index < -0.39 is 16.4 Å². The summed E-state index contributed by atoms with van der Waals surface area (Å²) in [7, 11) is 1.58. The number of nitro groups is 1. The van der Waals surface area contributed by atoms with Gasteiger partial charge in [-0.2, -0.15) is 0 Å². The molecule has 0 aliphatic rings. The molecule has 1 atom stereocenters. The maximum atomic E-state index is 11.1. The Bertz CT molecular complexity index is 559. The summed E-state index contributed by atoms with van der Waals surface area (Å²) in [5.74, 6) is -0.424. The number of benzene rings is 1. The smallest absolute Gasteiger partial charge is 0.323 e. The first-order chi connectivity index (χ1) is 9.71. The van der Waals surface area contributed by atoms with Crippen molar-refractivity contribution >= 4 is 11.7 Å². The Morgan fingerprint density at radius 3 is 2.52 bits per heavy atom. The standard InChI is InChI=1S/C14H20N2O5/c1-9-8-12(10(2)7-11(9)16(19)20)21-6-5-14(3,15-4)13(17)18/h7-8,15H,5-6H2,1-4H3,(H,17,18). The van der Waals surface area contributed by atoms with Crippen LogP contribution in [0.25, 0.3) is 0 Å². The molecule has 0 amide bonds. The van der Waals surface area contributed by atoms with Crippen LogP contribution in [-0.4, -0.2) is 35.2 Å². The first-order valence-electron chi connectivity index (χ1n) is 6.52. The first kappa shape index (κ1) is 16.9. The molecular formula is C14H20N2O5. The number of carboxylic acids is 1. The number of nitrogens with zero attached hydrogens (tertiary/aromatic N) is 1. The molecule has 7 nitrogen and oxygen atoms in total. The van der Waals surface area contributed by atoms with E-state index in [4.69, 9.17) is 9.84 Å². The second-order valence-electron chi connectivity index (χ2n) is 5.15. The molecule has 0 aliphatic heterocycles. The molecule has 1 rings (SSSR count). The minimum absolute atomic E-state index is 0.0467. The predicted molar refractivity (Wildman–Crippen MR) is 77.8 cm³/mol. The third-order valence-corrected chi connectivity index (χ3v) is 3.57. The van der Waals surface area contributed by atoms with E-state index in [-0.39, 0.29) is 18.7 Å². The number of aliphatic carboxylic acids is 1. The van der Waals surface area contributed by atoms with E-state index in [1.807, 2.05) is 0 Å². The zero-order valence-corrected chi connectivity index (χ0v) is 12.6. The zero-order chi connectivity index (χ0) is 16.2. The highest BCUT2D eigenvalue weighted by atomic mass is 16.6. The van der Waals surface area contributed by atoms with Crippen LogP contribution < -0.4 is 10.1 Å². The number of nitro benzene ring substituents is 1. The molecule has 0 radical (unpaired) electrons. The van der Waals surface area contributed by atoms with E-state index in [2.05, 4.69) is 5.32 Å². The van der Waals surface area contributed by atoms with Crippen LogP contribution >= 0.6 is 0 Å². The van der Waals surface area contributed by atoms with Gasteiger partial charge in [-0.1, -0.05) is 0 Å². The molecule has 2 N–H and O–H groups in total. The summed E-state index contributed by atoms with van der Waals surface area (Å²) in [6.07, 6.45) is 0.272. The second kappa shape index (κ2) is 6.53. The highest BCUT2D eigenvalue weighted by molar-refractivity contribution is 5.78. The van der Waals surface area contributed by atoms with Gasteiger partial charge in [0.1, 0.15) is 11.3 Å². The predicted octanol–water partition coefficient (Wildman–Crippen LogP) is 2.04. The van der Waals surface area contributed by atoms with Crippen LogP contribution in [0.15, 0.2) is 12.1 Å². The summed E-state index contributed by atoms with van der Waals surface area (Å²) in [5.41, 5.74) is 0.137.